The van der Waals surface area contributed by atoms with Gasteiger partial charge in [-0.3, -0.25) is 19.2 Å². The number of allylic oxidation sites excluding steroid dienone is 1. The number of hydrogen-bond acceptors (Lipinski definition) is 7. The van der Waals surface area contributed by atoms with Gasteiger partial charge in [-0.05, 0) is 18.4 Å². The van der Waals surface area contributed by atoms with Gasteiger partial charge in [-0.2, -0.15) is 0 Å². The monoisotopic (exact) mass is 592 g/mol. The standard InChI is InChI=1S/C31H52N4O7/c1-6-7-8-9-10-11-12-13-14-15-16-17-21(2)28-23(4)30(40)33-22(3)18-19-25(37)35(5)20-24(36)34-26(31(41)42-28)27(38)29(32)39/h18-19,21,23,26-28,38H,3,6-17,20H2,1-2,4-5H3,(H2,32,39)(H,33,40)(H,34,36)/b19-18+/t21-,23-,26-,27+,28-/m0/s1. The first-order valence-corrected chi connectivity index (χ1v) is 15.3. The van der Waals surface area contributed by atoms with Gasteiger partial charge in [0.2, 0.25) is 23.6 Å². The van der Waals surface area contributed by atoms with Gasteiger partial charge in [-0.15, -0.1) is 0 Å². The minimum atomic E-state index is -2.08. The Morgan fingerprint density at radius 1 is 1.05 bits per heavy atom. The van der Waals surface area contributed by atoms with Crippen molar-refractivity contribution in [2.45, 2.75) is 116 Å². The molecule has 1 heterocycles. The maximum Gasteiger partial charge on any atom is 0.332 e. The van der Waals surface area contributed by atoms with E-state index in [0.717, 1.165) is 30.2 Å². The van der Waals surface area contributed by atoms with Gasteiger partial charge in [0.15, 0.2) is 12.1 Å². The molecule has 11 nitrogen and oxygen atoms in total. The van der Waals surface area contributed by atoms with Crippen LogP contribution in [0.3, 0.4) is 0 Å². The van der Waals surface area contributed by atoms with Gasteiger partial charge in [-0.25, -0.2) is 4.79 Å². The van der Waals surface area contributed by atoms with Crippen molar-refractivity contribution in [1.82, 2.24) is 15.5 Å². The highest BCUT2D eigenvalue weighted by Crippen LogP contribution is 2.25. The number of unbranched alkanes of at least 4 members (excludes halogenated alkanes) is 10. The number of carbonyl (C=O) groups excluding carboxylic acids is 5. The summed E-state index contributed by atoms with van der Waals surface area (Å²) in [7, 11) is 1.35. The van der Waals surface area contributed by atoms with E-state index in [4.69, 9.17) is 10.5 Å². The number of hydrogen-bond donors (Lipinski definition) is 4. The number of nitrogens with one attached hydrogen (secondary N) is 2. The number of nitrogens with two attached hydrogens (primary N) is 1. The van der Waals surface area contributed by atoms with E-state index in [9.17, 15) is 29.1 Å². The number of nitrogens with zero attached hydrogens (tertiary/aromatic N) is 1. The van der Waals surface area contributed by atoms with Crippen molar-refractivity contribution in [2.75, 3.05) is 13.6 Å². The maximum atomic E-state index is 13.2. The fourth-order valence-electron chi connectivity index (χ4n) is 4.92. The Labute approximate surface area is 250 Å². The topological polar surface area (TPSA) is 168 Å². The molecule has 0 spiro atoms. The number of esters is 1. The predicted octanol–water partition coefficient (Wildman–Crippen LogP) is 2.86. The van der Waals surface area contributed by atoms with Crippen LogP contribution in [0.25, 0.3) is 0 Å². The van der Waals surface area contributed by atoms with Gasteiger partial charge in [0.25, 0.3) is 0 Å². The third kappa shape index (κ3) is 13.6. The molecular weight excluding hydrogens is 540 g/mol. The van der Waals surface area contributed by atoms with Gasteiger partial charge < -0.3 is 31.1 Å². The van der Waals surface area contributed by atoms with Gasteiger partial charge in [0.1, 0.15) is 6.10 Å². The molecular formula is C31H52N4O7. The predicted molar refractivity (Wildman–Crippen MR) is 160 cm³/mol. The molecule has 42 heavy (non-hydrogen) atoms. The van der Waals surface area contributed by atoms with Crippen LogP contribution in [-0.2, 0) is 28.7 Å². The van der Waals surface area contributed by atoms with Crippen LogP contribution < -0.4 is 16.4 Å². The van der Waals surface area contributed by atoms with Gasteiger partial charge in [0, 0.05) is 18.8 Å². The molecule has 1 aliphatic heterocycles. The molecule has 0 aromatic carbocycles. The zero-order chi connectivity index (χ0) is 31.7. The molecule has 1 rings (SSSR count). The summed E-state index contributed by atoms with van der Waals surface area (Å²) in [6.45, 7) is 8.95. The molecule has 0 aromatic rings. The first-order valence-electron chi connectivity index (χ1n) is 15.3. The highest BCUT2D eigenvalue weighted by molar-refractivity contribution is 5.95. The molecule has 0 bridgehead atoms. The summed E-state index contributed by atoms with van der Waals surface area (Å²) in [4.78, 5) is 64.1. The van der Waals surface area contributed by atoms with E-state index in [1.54, 1.807) is 6.92 Å². The van der Waals surface area contributed by atoms with Crippen molar-refractivity contribution < 1.29 is 33.8 Å². The van der Waals surface area contributed by atoms with E-state index in [2.05, 4.69) is 24.1 Å². The SMILES string of the molecule is C=C1/C=C/C(=O)N(C)CC(=O)N[C@@H]([C@@H](O)C(N)=O)C(=O)O[C@@H]([C@@H](C)CCCCCCCCCCCCC)[C@H](C)C(=O)N1. The summed E-state index contributed by atoms with van der Waals surface area (Å²) in [6.07, 6.45) is 13.2. The van der Waals surface area contributed by atoms with Crippen molar-refractivity contribution in [3.05, 3.63) is 24.4 Å². The number of aliphatic hydroxyl groups is 1. The second kappa shape index (κ2) is 19.8. The van der Waals surface area contributed by atoms with Crippen LogP contribution in [-0.4, -0.2) is 71.4 Å². The number of amides is 4. The fraction of sp³-hybridized carbons (Fsp3) is 0.710. The molecule has 0 radical (unpaired) electrons. The quantitative estimate of drug-likeness (QED) is 0.167. The molecule has 1 aliphatic rings. The third-order valence-corrected chi connectivity index (χ3v) is 7.63. The van der Waals surface area contributed by atoms with Crippen LogP contribution in [0.2, 0.25) is 0 Å². The summed E-state index contributed by atoms with van der Waals surface area (Å²) < 4.78 is 5.73. The zero-order valence-electron chi connectivity index (χ0n) is 25.9. The van der Waals surface area contributed by atoms with Crippen molar-refractivity contribution in [2.24, 2.45) is 17.6 Å². The molecule has 11 heteroatoms. The van der Waals surface area contributed by atoms with E-state index >= 15 is 0 Å². The number of ether oxygens (including phenoxy) is 1. The van der Waals surface area contributed by atoms with E-state index in [1.165, 1.54) is 64.5 Å². The number of carbonyl (C=O) groups is 5. The number of likely N-dealkylation sites (N-methyl/N-ethyl adjacent to an activating group) is 1. The summed E-state index contributed by atoms with van der Waals surface area (Å²) >= 11 is 0. The maximum absolute atomic E-state index is 13.2. The molecule has 4 amide bonds. The number of primary amides is 1. The minimum Gasteiger partial charge on any atom is -0.460 e. The molecule has 238 valence electrons. The van der Waals surface area contributed by atoms with Gasteiger partial charge >= 0.3 is 5.97 Å². The summed E-state index contributed by atoms with van der Waals surface area (Å²) in [5, 5.41) is 15.2. The summed E-state index contributed by atoms with van der Waals surface area (Å²) in [5.74, 6) is -5.34. The van der Waals surface area contributed by atoms with Crippen molar-refractivity contribution in [3.63, 3.8) is 0 Å². The second-order valence-electron chi connectivity index (χ2n) is 11.4. The average Bonchev–Trinajstić information content (AvgIpc) is 2.94. The smallest absolute Gasteiger partial charge is 0.332 e. The highest BCUT2D eigenvalue weighted by atomic mass is 16.5. The molecule has 5 atom stereocenters. The Balaban J connectivity index is 2.96. The van der Waals surface area contributed by atoms with Gasteiger partial charge in [0.05, 0.1) is 12.5 Å². The molecule has 5 N–H and O–H groups in total. The molecule has 0 aliphatic carbocycles. The van der Waals surface area contributed by atoms with Crippen LogP contribution in [0.15, 0.2) is 24.4 Å². The second-order valence-corrected chi connectivity index (χ2v) is 11.4. The largest absolute Gasteiger partial charge is 0.460 e. The first-order chi connectivity index (χ1) is 19.9. The Hall–Kier alpha value is -3.21. The minimum absolute atomic E-state index is 0.151. The molecule has 0 fully saturated rings. The van der Waals surface area contributed by atoms with E-state index in [-0.39, 0.29) is 11.6 Å². The molecule has 0 aromatic heterocycles. The first kappa shape index (κ1) is 36.8. The van der Waals surface area contributed by atoms with Crippen LogP contribution >= 0.6 is 0 Å². The lowest BCUT2D eigenvalue weighted by Gasteiger charge is -2.31. The lowest BCUT2D eigenvalue weighted by Crippen LogP contribution is -2.57. The summed E-state index contributed by atoms with van der Waals surface area (Å²) in [5.41, 5.74) is 5.37. The fourth-order valence-corrected chi connectivity index (χ4v) is 4.92. The van der Waals surface area contributed by atoms with Crippen LogP contribution in [0, 0.1) is 11.8 Å². The molecule has 0 unspecified atom stereocenters. The van der Waals surface area contributed by atoms with Gasteiger partial charge in [-0.1, -0.05) is 98.0 Å². The highest BCUT2D eigenvalue weighted by Gasteiger charge is 2.39. The lowest BCUT2D eigenvalue weighted by molar-refractivity contribution is -0.165. The normalized spacial score (nSPS) is 23.2. The van der Waals surface area contributed by atoms with Crippen LogP contribution in [0.4, 0.5) is 0 Å². The summed E-state index contributed by atoms with van der Waals surface area (Å²) in [6, 6.07) is -1.82. The Bertz CT molecular complexity index is 952. The molecule has 0 saturated heterocycles. The van der Waals surface area contributed by atoms with E-state index in [0.29, 0.717) is 6.42 Å². The number of cyclic esters (lactones) is 1. The number of aliphatic hydroxyl groups excluding tert-OH is 1. The third-order valence-electron chi connectivity index (χ3n) is 7.63. The van der Waals surface area contributed by atoms with Crippen molar-refractivity contribution >= 4 is 29.6 Å². The van der Waals surface area contributed by atoms with E-state index in [1.807, 2.05) is 6.92 Å². The van der Waals surface area contributed by atoms with E-state index < -0.39 is 60.3 Å². The lowest BCUT2D eigenvalue weighted by atomic mass is 9.88. The Morgan fingerprint density at radius 2 is 1.60 bits per heavy atom. The zero-order valence-corrected chi connectivity index (χ0v) is 25.9. The van der Waals surface area contributed by atoms with Crippen LogP contribution in [0.1, 0.15) is 97.8 Å². The number of rotatable bonds is 15. The average molecular weight is 593 g/mol. The Kier molecular flexibility index (Phi) is 17.4. The van der Waals surface area contributed by atoms with Crippen molar-refractivity contribution in [3.8, 4) is 0 Å². The molecule has 0 saturated carbocycles. The van der Waals surface area contributed by atoms with Crippen LogP contribution in [0.5, 0.6) is 0 Å². The van der Waals surface area contributed by atoms with Crippen molar-refractivity contribution in [1.29, 1.82) is 0 Å². The Morgan fingerprint density at radius 3 is 2.14 bits per heavy atom.